The zero-order valence-corrected chi connectivity index (χ0v) is 40.8. The number of anilines is 6. The van der Waals surface area contributed by atoms with Crippen LogP contribution in [0.25, 0.3) is 55.3 Å². The molecular weight excluding hydrogens is 865 g/mol. The predicted molar refractivity (Wildman–Crippen MR) is 294 cm³/mol. The van der Waals surface area contributed by atoms with Gasteiger partial charge in [0.05, 0.1) is 5.69 Å². The third-order valence-electron chi connectivity index (χ3n) is 16.4. The highest BCUT2D eigenvalue weighted by atomic mass is 16.5. The molecule has 10 aromatic rings. The molecule has 0 bridgehead atoms. The first-order valence-corrected chi connectivity index (χ1v) is 25.3. The molecule has 2 atom stereocenters. The van der Waals surface area contributed by atoms with Crippen molar-refractivity contribution >= 4 is 56.1 Å². The van der Waals surface area contributed by atoms with Crippen LogP contribution in [0, 0.1) is 5.92 Å². The van der Waals surface area contributed by atoms with E-state index in [4.69, 9.17) is 9.15 Å². The summed E-state index contributed by atoms with van der Waals surface area (Å²) in [5, 5.41) is 2.22. The minimum Gasteiger partial charge on any atom is -0.461 e. The molecule has 1 aromatic heterocycles. The van der Waals surface area contributed by atoms with Crippen molar-refractivity contribution in [2.75, 3.05) is 9.80 Å². The number of allylic oxidation sites excluding steroid dienone is 2. The summed E-state index contributed by atoms with van der Waals surface area (Å²) >= 11 is 0. The highest BCUT2D eigenvalue weighted by Gasteiger charge is 2.45. The maximum atomic E-state index is 6.76. The van der Waals surface area contributed by atoms with E-state index in [1.807, 2.05) is 6.07 Å². The summed E-state index contributed by atoms with van der Waals surface area (Å²) in [6.45, 7) is 12.0. The van der Waals surface area contributed by atoms with Crippen LogP contribution in [0.1, 0.15) is 81.2 Å². The lowest BCUT2D eigenvalue weighted by molar-refractivity contribution is 0.383. The summed E-state index contributed by atoms with van der Waals surface area (Å²) in [4.78, 5) is 4.90. The molecule has 0 N–H and O–H groups in total. The van der Waals surface area contributed by atoms with E-state index in [9.17, 15) is 0 Å². The molecule has 0 saturated carbocycles. The van der Waals surface area contributed by atoms with Gasteiger partial charge in [0.25, 0.3) is 0 Å². The topological polar surface area (TPSA) is 28.9 Å². The van der Waals surface area contributed by atoms with Crippen molar-refractivity contribution in [1.82, 2.24) is 0 Å². The zero-order chi connectivity index (χ0) is 47.8. The van der Waals surface area contributed by atoms with Gasteiger partial charge >= 0.3 is 0 Å². The predicted octanol–water partition coefficient (Wildman–Crippen LogP) is 18.6. The number of fused-ring (bicyclic) bond motifs is 12. The maximum absolute atomic E-state index is 6.76. The number of nitrogens with zero attached hydrogens (tertiary/aromatic N) is 2. The van der Waals surface area contributed by atoms with Gasteiger partial charge in [-0.15, -0.1) is 0 Å². The molecule has 0 spiro atoms. The van der Waals surface area contributed by atoms with Crippen LogP contribution in [0.4, 0.5) is 34.1 Å². The lowest BCUT2D eigenvalue weighted by Gasteiger charge is -2.33. The highest BCUT2D eigenvalue weighted by molar-refractivity contribution is 6.07. The van der Waals surface area contributed by atoms with Crippen LogP contribution in [0.15, 0.2) is 210 Å². The van der Waals surface area contributed by atoms with Gasteiger partial charge in [-0.25, -0.2) is 0 Å². The SMILES string of the molecule is CC1C=C2Oc3cc(N(c4ccccc4)c4cc(N(c5ccccc5)c5ccc6c(c5)oc5ccccc56)c5c(c4)C(C)(C)c4cc6c(cc4-5)C(C)(C)c4cccc(-c5ccccc5)c4-6)ccc3C2CC1. The minimum absolute atomic E-state index is 0.228. The Morgan fingerprint density at radius 2 is 1.08 bits per heavy atom. The molecule has 2 heterocycles. The fourth-order valence-corrected chi connectivity index (χ4v) is 12.8. The monoisotopic (exact) mass is 918 g/mol. The molecule has 2 unspecified atom stereocenters. The Kier molecular flexibility index (Phi) is 9.11. The van der Waals surface area contributed by atoms with Crippen molar-refractivity contribution in [2.45, 2.75) is 64.2 Å². The number of hydrogen-bond donors (Lipinski definition) is 0. The summed E-state index contributed by atoms with van der Waals surface area (Å²) in [7, 11) is 0. The first-order valence-electron chi connectivity index (χ1n) is 25.3. The van der Waals surface area contributed by atoms with Crippen LogP contribution in [0.5, 0.6) is 5.75 Å². The third-order valence-corrected chi connectivity index (χ3v) is 16.4. The van der Waals surface area contributed by atoms with Crippen LogP contribution < -0.4 is 14.5 Å². The quantitative estimate of drug-likeness (QED) is 0.159. The molecule has 344 valence electrons. The summed E-state index contributed by atoms with van der Waals surface area (Å²) in [5.41, 5.74) is 21.9. The molecular formula is C67H54N2O2. The second-order valence-electron chi connectivity index (χ2n) is 21.3. The van der Waals surface area contributed by atoms with Gasteiger partial charge < -0.3 is 19.0 Å². The lowest BCUT2D eigenvalue weighted by atomic mass is 9.79. The van der Waals surface area contributed by atoms with Crippen molar-refractivity contribution in [3.63, 3.8) is 0 Å². The molecule has 1 aliphatic heterocycles. The third kappa shape index (κ3) is 6.30. The summed E-state index contributed by atoms with van der Waals surface area (Å²) < 4.78 is 13.4. The highest BCUT2D eigenvalue weighted by Crippen LogP contribution is 2.61. The lowest BCUT2D eigenvalue weighted by Crippen LogP contribution is -2.18. The second kappa shape index (κ2) is 15.5. The van der Waals surface area contributed by atoms with Crippen LogP contribution >= 0.6 is 0 Å². The van der Waals surface area contributed by atoms with E-state index >= 15 is 0 Å². The summed E-state index contributed by atoms with van der Waals surface area (Å²) in [6, 6.07) is 71.6. The smallest absolute Gasteiger partial charge is 0.137 e. The van der Waals surface area contributed by atoms with Crippen LogP contribution in [-0.4, -0.2) is 0 Å². The summed E-state index contributed by atoms with van der Waals surface area (Å²) in [6.07, 6.45) is 4.63. The van der Waals surface area contributed by atoms with Crippen molar-refractivity contribution in [1.29, 1.82) is 0 Å². The van der Waals surface area contributed by atoms with Crippen LogP contribution in [0.2, 0.25) is 0 Å². The Labute approximate surface area is 416 Å². The molecule has 0 amide bonds. The van der Waals surface area contributed by atoms with Crippen LogP contribution in [0.3, 0.4) is 0 Å². The Morgan fingerprint density at radius 3 is 1.85 bits per heavy atom. The van der Waals surface area contributed by atoms with Crippen molar-refractivity contribution in [3.8, 4) is 39.1 Å². The number of benzene rings is 9. The molecule has 4 nitrogen and oxygen atoms in total. The first-order chi connectivity index (χ1) is 34.6. The minimum atomic E-state index is -0.383. The normalized spacial score (nSPS) is 17.4. The van der Waals surface area contributed by atoms with E-state index in [2.05, 4.69) is 239 Å². The molecule has 0 radical (unpaired) electrons. The number of para-hydroxylation sites is 3. The Balaban J connectivity index is 1.04. The van der Waals surface area contributed by atoms with Gasteiger partial charge in [0.1, 0.15) is 22.7 Å². The van der Waals surface area contributed by atoms with Gasteiger partial charge in [-0.3, -0.25) is 0 Å². The van der Waals surface area contributed by atoms with Crippen molar-refractivity contribution < 1.29 is 9.15 Å². The average Bonchev–Trinajstić information content (AvgIpc) is 4.08. The fourth-order valence-electron chi connectivity index (χ4n) is 12.8. The molecule has 3 aliphatic carbocycles. The molecule has 9 aromatic carbocycles. The van der Waals surface area contributed by atoms with Gasteiger partial charge in [0, 0.05) is 79.2 Å². The van der Waals surface area contributed by atoms with E-state index in [-0.39, 0.29) is 10.8 Å². The zero-order valence-electron chi connectivity index (χ0n) is 40.8. The standard InChI is InChI=1S/C67H54N2O2/c1-41-28-31-50-52-32-29-45(37-63(52)71-61(50)34-41)68(43-20-11-7-12-21-43)47-35-58-65(59(36-47)69(44-22-13-8-14-23-44)46-30-33-51-49-24-15-16-27-60(49)70-62(51)38-46)54-40-56-53(39-57(54)67(58,4)5)64-48(42-18-9-6-10-19-42)25-17-26-55(64)66(56,2)3/h6-27,29-30,32-41,50H,28,31H2,1-5H3. The molecule has 14 rings (SSSR count). The average molecular weight is 919 g/mol. The van der Waals surface area contributed by atoms with E-state index < -0.39 is 0 Å². The molecule has 71 heavy (non-hydrogen) atoms. The van der Waals surface area contributed by atoms with Crippen molar-refractivity contribution in [3.05, 3.63) is 234 Å². The summed E-state index contributed by atoms with van der Waals surface area (Å²) in [5.74, 6) is 2.90. The first kappa shape index (κ1) is 41.9. The number of ether oxygens (including phenoxy) is 1. The fraction of sp³-hybridized carbons (Fsp3) is 0.164. The van der Waals surface area contributed by atoms with Gasteiger partial charge in [0.2, 0.25) is 0 Å². The molecule has 4 heteroatoms. The maximum Gasteiger partial charge on any atom is 0.137 e. The van der Waals surface area contributed by atoms with Crippen LogP contribution in [-0.2, 0) is 10.8 Å². The van der Waals surface area contributed by atoms with Gasteiger partial charge in [-0.2, -0.15) is 0 Å². The molecule has 4 aliphatic rings. The molecule has 0 saturated heterocycles. The van der Waals surface area contributed by atoms with Gasteiger partial charge in [0.15, 0.2) is 0 Å². The number of hydrogen-bond acceptors (Lipinski definition) is 4. The van der Waals surface area contributed by atoms with E-state index in [1.165, 1.54) is 67.6 Å². The number of rotatable bonds is 7. The largest absolute Gasteiger partial charge is 0.461 e. The van der Waals surface area contributed by atoms with E-state index in [0.29, 0.717) is 11.8 Å². The number of furan rings is 1. The van der Waals surface area contributed by atoms with Gasteiger partial charge in [-0.05, 0) is 148 Å². The Bertz CT molecular complexity index is 3830. The Hall–Kier alpha value is -8.08. The Morgan fingerprint density at radius 1 is 0.451 bits per heavy atom. The van der Waals surface area contributed by atoms with E-state index in [1.54, 1.807) is 0 Å². The second-order valence-corrected chi connectivity index (χ2v) is 21.3. The van der Waals surface area contributed by atoms with Gasteiger partial charge in [-0.1, -0.05) is 144 Å². The van der Waals surface area contributed by atoms with Crippen molar-refractivity contribution in [2.24, 2.45) is 5.92 Å². The molecule has 0 fully saturated rings. The van der Waals surface area contributed by atoms with E-state index in [0.717, 1.165) is 74.0 Å².